The number of aromatic nitrogens is 1. The molecule has 0 saturated heterocycles. The summed E-state index contributed by atoms with van der Waals surface area (Å²) in [4.78, 5) is 4.33. The van der Waals surface area contributed by atoms with Crippen LogP contribution in [0.4, 0.5) is 0 Å². The highest BCUT2D eigenvalue weighted by Gasteiger charge is 2.08. The number of fused-ring (bicyclic) bond motifs is 4. The highest BCUT2D eigenvalue weighted by Crippen LogP contribution is 2.32. The molecular weight excluding hydrogens is 218 g/mol. The van der Waals surface area contributed by atoms with Crippen LogP contribution in [0.15, 0.2) is 46.3 Å². The van der Waals surface area contributed by atoms with Crippen LogP contribution in [0.25, 0.3) is 32.2 Å². The average molecular weight is 225 g/mol. The number of para-hydroxylation sites is 1. The van der Waals surface area contributed by atoms with Crippen LogP contribution < -0.4 is 0 Å². The monoisotopic (exact) mass is 225 g/mol. The second kappa shape index (κ2) is 2.83. The van der Waals surface area contributed by atoms with E-state index in [0.29, 0.717) is 0 Å². The average Bonchev–Trinajstić information content (AvgIpc) is 2.88. The van der Waals surface area contributed by atoms with E-state index in [-0.39, 0.29) is 0 Å². The minimum atomic E-state index is 0.940. The topological polar surface area (TPSA) is 26.0 Å². The molecule has 0 spiro atoms. The molecule has 0 fully saturated rings. The molecule has 0 radical (unpaired) electrons. The van der Waals surface area contributed by atoms with Crippen LogP contribution in [0.2, 0.25) is 0 Å². The molecule has 0 aliphatic carbocycles. The zero-order valence-electron chi connectivity index (χ0n) is 8.31. The predicted molar refractivity (Wildman–Crippen MR) is 66.9 cm³/mol. The summed E-state index contributed by atoms with van der Waals surface area (Å²) < 4.78 is 6.98. The van der Waals surface area contributed by atoms with Gasteiger partial charge in [0.15, 0.2) is 0 Å². The SMILES string of the molecule is c1ccc2c(c1)oc1cc3scnc3cc12. The Labute approximate surface area is 95.1 Å². The molecule has 4 rings (SSSR count). The van der Waals surface area contributed by atoms with E-state index < -0.39 is 0 Å². The van der Waals surface area contributed by atoms with Crippen LogP contribution in [0.3, 0.4) is 0 Å². The molecule has 76 valence electrons. The second-order valence-corrected chi connectivity index (χ2v) is 4.65. The summed E-state index contributed by atoms with van der Waals surface area (Å²) in [5.41, 5.74) is 4.79. The van der Waals surface area contributed by atoms with Gasteiger partial charge < -0.3 is 4.42 Å². The summed E-state index contributed by atoms with van der Waals surface area (Å²) in [7, 11) is 0. The lowest BCUT2D eigenvalue weighted by atomic mass is 10.1. The maximum Gasteiger partial charge on any atom is 0.136 e. The summed E-state index contributed by atoms with van der Waals surface area (Å²) in [5.74, 6) is 0. The molecule has 2 heterocycles. The first-order chi connectivity index (χ1) is 7.92. The number of hydrogen-bond donors (Lipinski definition) is 0. The van der Waals surface area contributed by atoms with E-state index in [9.17, 15) is 0 Å². The van der Waals surface area contributed by atoms with Gasteiger partial charge in [-0.3, -0.25) is 0 Å². The lowest BCUT2D eigenvalue weighted by Crippen LogP contribution is -1.68. The standard InChI is InChI=1S/C13H7NOS/c1-2-4-11-8(3-1)9-5-10-13(16-7-14-10)6-12(9)15-11/h1-7H. The first-order valence-electron chi connectivity index (χ1n) is 5.06. The van der Waals surface area contributed by atoms with Crippen molar-refractivity contribution in [3.05, 3.63) is 41.9 Å². The predicted octanol–water partition coefficient (Wildman–Crippen LogP) is 4.20. The molecule has 2 aromatic carbocycles. The first kappa shape index (κ1) is 8.30. The summed E-state index contributed by atoms with van der Waals surface area (Å²) in [6.45, 7) is 0. The smallest absolute Gasteiger partial charge is 0.136 e. The third-order valence-electron chi connectivity index (χ3n) is 2.83. The lowest BCUT2D eigenvalue weighted by Gasteiger charge is -1.89. The molecule has 0 bridgehead atoms. The Balaban J connectivity index is 2.32. The third kappa shape index (κ3) is 0.981. The van der Waals surface area contributed by atoms with E-state index in [1.54, 1.807) is 11.3 Å². The molecule has 0 aliphatic rings. The maximum atomic E-state index is 5.81. The fourth-order valence-electron chi connectivity index (χ4n) is 2.08. The Hall–Kier alpha value is -1.87. The van der Waals surface area contributed by atoms with E-state index in [4.69, 9.17) is 4.42 Å². The van der Waals surface area contributed by atoms with Crippen LogP contribution in [-0.2, 0) is 0 Å². The molecule has 0 atom stereocenters. The van der Waals surface area contributed by atoms with Crippen molar-refractivity contribution in [3.8, 4) is 0 Å². The zero-order chi connectivity index (χ0) is 10.5. The van der Waals surface area contributed by atoms with Crippen molar-refractivity contribution in [3.63, 3.8) is 0 Å². The number of nitrogens with zero attached hydrogens (tertiary/aromatic N) is 1. The fourth-order valence-corrected chi connectivity index (χ4v) is 2.76. The Morgan fingerprint density at radius 1 is 1.00 bits per heavy atom. The molecule has 0 N–H and O–H groups in total. The van der Waals surface area contributed by atoms with Gasteiger partial charge in [0.25, 0.3) is 0 Å². The van der Waals surface area contributed by atoms with Crippen molar-refractivity contribution >= 4 is 43.5 Å². The van der Waals surface area contributed by atoms with Crippen LogP contribution in [0.1, 0.15) is 0 Å². The van der Waals surface area contributed by atoms with Gasteiger partial charge in [0, 0.05) is 16.8 Å². The molecule has 0 amide bonds. The lowest BCUT2D eigenvalue weighted by molar-refractivity contribution is 0.669. The molecule has 2 nitrogen and oxygen atoms in total. The molecule has 0 unspecified atom stereocenters. The Bertz CT molecular complexity index is 812. The van der Waals surface area contributed by atoms with Crippen LogP contribution in [-0.4, -0.2) is 4.98 Å². The van der Waals surface area contributed by atoms with Crippen LogP contribution in [0, 0.1) is 0 Å². The van der Waals surface area contributed by atoms with Gasteiger partial charge in [0.05, 0.1) is 15.7 Å². The van der Waals surface area contributed by atoms with E-state index in [1.165, 1.54) is 4.70 Å². The van der Waals surface area contributed by atoms with Gasteiger partial charge >= 0.3 is 0 Å². The molecular formula is C13H7NOS. The van der Waals surface area contributed by atoms with E-state index >= 15 is 0 Å². The van der Waals surface area contributed by atoms with E-state index in [0.717, 1.165) is 27.5 Å². The van der Waals surface area contributed by atoms with Crippen LogP contribution >= 0.6 is 11.3 Å². The summed E-state index contributed by atoms with van der Waals surface area (Å²) in [6.07, 6.45) is 0. The van der Waals surface area contributed by atoms with Gasteiger partial charge in [-0.25, -0.2) is 4.98 Å². The molecule has 3 heteroatoms. The first-order valence-corrected chi connectivity index (χ1v) is 5.94. The normalized spacial score (nSPS) is 11.8. The van der Waals surface area contributed by atoms with Crippen molar-refractivity contribution in [1.82, 2.24) is 4.98 Å². The van der Waals surface area contributed by atoms with E-state index in [2.05, 4.69) is 23.2 Å². The Kier molecular flexibility index (Phi) is 1.47. The van der Waals surface area contributed by atoms with Crippen LogP contribution in [0.5, 0.6) is 0 Å². The van der Waals surface area contributed by atoms with Gasteiger partial charge in [-0.1, -0.05) is 18.2 Å². The van der Waals surface area contributed by atoms with Gasteiger partial charge in [-0.15, -0.1) is 11.3 Å². The quantitative estimate of drug-likeness (QED) is 0.448. The summed E-state index contributed by atoms with van der Waals surface area (Å²) >= 11 is 1.64. The summed E-state index contributed by atoms with van der Waals surface area (Å²) in [5, 5.41) is 2.31. The molecule has 0 saturated carbocycles. The highest BCUT2D eigenvalue weighted by molar-refractivity contribution is 7.16. The second-order valence-electron chi connectivity index (χ2n) is 3.77. The Morgan fingerprint density at radius 3 is 2.94 bits per heavy atom. The number of furan rings is 1. The number of benzene rings is 2. The van der Waals surface area contributed by atoms with Crippen molar-refractivity contribution in [2.45, 2.75) is 0 Å². The number of thiazole rings is 1. The van der Waals surface area contributed by atoms with Crippen molar-refractivity contribution in [2.75, 3.05) is 0 Å². The third-order valence-corrected chi connectivity index (χ3v) is 3.62. The van der Waals surface area contributed by atoms with Gasteiger partial charge in [0.1, 0.15) is 11.2 Å². The molecule has 16 heavy (non-hydrogen) atoms. The molecule has 2 aromatic heterocycles. The van der Waals surface area contributed by atoms with Crippen molar-refractivity contribution < 1.29 is 4.42 Å². The largest absolute Gasteiger partial charge is 0.456 e. The van der Waals surface area contributed by atoms with Gasteiger partial charge in [-0.05, 0) is 12.1 Å². The number of rotatable bonds is 0. The number of hydrogen-bond acceptors (Lipinski definition) is 3. The molecule has 4 aromatic rings. The maximum absolute atomic E-state index is 5.81. The fraction of sp³-hybridized carbons (Fsp3) is 0. The Morgan fingerprint density at radius 2 is 1.94 bits per heavy atom. The minimum absolute atomic E-state index is 0.940. The molecule has 0 aliphatic heterocycles. The zero-order valence-corrected chi connectivity index (χ0v) is 9.12. The highest BCUT2D eigenvalue weighted by atomic mass is 32.1. The van der Waals surface area contributed by atoms with Crippen molar-refractivity contribution in [2.24, 2.45) is 0 Å². The van der Waals surface area contributed by atoms with Gasteiger partial charge in [0.2, 0.25) is 0 Å². The minimum Gasteiger partial charge on any atom is -0.456 e. The summed E-state index contributed by atoms with van der Waals surface area (Å²) in [6, 6.07) is 12.3. The van der Waals surface area contributed by atoms with E-state index in [1.807, 2.05) is 23.7 Å². The van der Waals surface area contributed by atoms with Crippen molar-refractivity contribution in [1.29, 1.82) is 0 Å². The van der Waals surface area contributed by atoms with Gasteiger partial charge in [-0.2, -0.15) is 0 Å².